The highest BCUT2D eigenvalue weighted by Gasteiger charge is 2.66. The number of benzene rings is 1. The van der Waals surface area contributed by atoms with Gasteiger partial charge in [-0.15, -0.1) is 0 Å². The number of nitrogens with two attached hydrogens (primary N) is 1. The number of ketones is 2. The molecule has 0 aromatic heterocycles. The predicted molar refractivity (Wildman–Crippen MR) is 120 cm³/mol. The van der Waals surface area contributed by atoms with Gasteiger partial charge in [0.2, 0.25) is 5.78 Å². The normalized spacial score (nSPS) is 31.8. The van der Waals surface area contributed by atoms with E-state index in [0.717, 1.165) is 0 Å². The third-order valence-electron chi connectivity index (χ3n) is 7.02. The number of aromatic hydroxyl groups is 1. The quantitative estimate of drug-likeness (QED) is 0.175. The molecular weight excluding hydrogens is 499 g/mol. The van der Waals surface area contributed by atoms with E-state index in [2.05, 4.69) is 0 Å². The van der Waals surface area contributed by atoms with Crippen molar-refractivity contribution in [3.8, 4) is 5.75 Å². The standard InChI is InChI=1S/C22H24N2O8.HO3P/c1-21(31)8-5-4-6-11(25)12(8)16(26)13-9(21)7-10-15(24(2)3)17(27)14(20(23)30)19(29)22(10,32)18(13)28;1-4(2)3/h4-6,9-10,15,25-26,29,31-32H,7H2,1-3H3,(H2,23,30);(H,1,2,3)/t9-,10-,15-,21+,22-;/m0./s1. The lowest BCUT2D eigenvalue weighted by Crippen LogP contribution is -2.67. The summed E-state index contributed by atoms with van der Waals surface area (Å²) in [6, 6.07) is 3.02. The van der Waals surface area contributed by atoms with Crippen LogP contribution < -0.4 is 10.6 Å². The molecule has 0 spiro atoms. The molecule has 14 heteroatoms. The summed E-state index contributed by atoms with van der Waals surface area (Å²) in [7, 11) is -0.113. The van der Waals surface area contributed by atoms with Crippen molar-refractivity contribution in [2.45, 2.75) is 30.6 Å². The number of aliphatic hydroxyl groups excluding tert-OH is 2. The van der Waals surface area contributed by atoms with Gasteiger partial charge in [0.15, 0.2) is 11.4 Å². The van der Waals surface area contributed by atoms with Crippen LogP contribution in [0, 0.1) is 11.8 Å². The van der Waals surface area contributed by atoms with Crippen LogP contribution in [0.2, 0.25) is 0 Å². The summed E-state index contributed by atoms with van der Waals surface area (Å²) >= 11 is 0. The predicted octanol–water partition coefficient (Wildman–Crippen LogP) is -1.37. The average Bonchev–Trinajstić information content (AvgIpc) is 2.73. The van der Waals surface area contributed by atoms with Gasteiger partial charge in [-0.3, -0.25) is 19.3 Å². The van der Waals surface area contributed by atoms with Gasteiger partial charge in [0.05, 0.1) is 17.2 Å². The summed E-state index contributed by atoms with van der Waals surface area (Å²) in [5.74, 6) is -7.90. The third kappa shape index (κ3) is 3.81. The molecular formula is C22H25N2O11P. The first-order chi connectivity index (χ1) is 16.5. The van der Waals surface area contributed by atoms with Gasteiger partial charge in [-0.05, 0) is 43.6 Å². The van der Waals surface area contributed by atoms with Crippen molar-refractivity contribution in [3.05, 3.63) is 46.2 Å². The monoisotopic (exact) mass is 524 g/mol. The molecule has 1 amide bonds. The van der Waals surface area contributed by atoms with Gasteiger partial charge in [-0.1, -0.05) is 12.1 Å². The number of carbonyl (C=O) groups is 3. The molecule has 0 heterocycles. The van der Waals surface area contributed by atoms with Gasteiger partial charge in [-0.2, -0.15) is 4.89 Å². The van der Waals surface area contributed by atoms with Gasteiger partial charge in [0, 0.05) is 17.4 Å². The maximum atomic E-state index is 13.7. The maximum Gasteiger partial charge on any atom is 0.485 e. The molecule has 36 heavy (non-hydrogen) atoms. The van der Waals surface area contributed by atoms with Crippen LogP contribution in [0.15, 0.2) is 35.1 Å². The Kier molecular flexibility index (Phi) is 6.88. The Hall–Kier alpha value is -3.19. The fraction of sp³-hybridized carbons (Fsp3) is 0.409. The molecule has 1 fully saturated rings. The Balaban J connectivity index is 0.000000840. The van der Waals surface area contributed by atoms with Crippen LogP contribution in [0.1, 0.15) is 24.5 Å². The minimum atomic E-state index is -3.12. The molecule has 3 aliphatic rings. The molecule has 6 atom stereocenters. The number of fused-ring (bicyclic) bond motifs is 3. The number of likely N-dealkylation sites (N-methyl/N-ethyl adjacent to an activating group) is 1. The first kappa shape index (κ1) is 27.4. The van der Waals surface area contributed by atoms with Crippen molar-refractivity contribution < 1.29 is 54.3 Å². The van der Waals surface area contributed by atoms with Crippen molar-refractivity contribution >= 4 is 31.5 Å². The number of phenolic OH excluding ortho intramolecular Hbond substituents is 1. The molecule has 0 saturated heterocycles. The molecule has 4 rings (SSSR count). The zero-order valence-electron chi connectivity index (χ0n) is 19.4. The van der Waals surface area contributed by atoms with E-state index in [4.69, 9.17) is 20.1 Å². The molecule has 13 nitrogen and oxygen atoms in total. The van der Waals surface area contributed by atoms with Gasteiger partial charge < -0.3 is 36.2 Å². The lowest BCUT2D eigenvalue weighted by Gasteiger charge is -2.53. The number of nitrogens with zero attached hydrogens (tertiary/aromatic N) is 1. The molecule has 1 aromatic carbocycles. The van der Waals surface area contributed by atoms with Crippen molar-refractivity contribution in [1.29, 1.82) is 0 Å². The van der Waals surface area contributed by atoms with E-state index in [9.17, 15) is 39.9 Å². The molecule has 194 valence electrons. The number of aliphatic hydroxyl groups is 4. The van der Waals surface area contributed by atoms with E-state index in [1.807, 2.05) is 0 Å². The SMILES string of the molecule is CN(C)[C@@H]1C(=O)C(C(N)=O)=C(O)[C@@]2(O)C(=O)C3=C(O)c4c(O)cccc4[C@@](C)(O)[C@H]3C[C@@H]12.O=[P+]([O-])O. The van der Waals surface area contributed by atoms with Crippen LogP contribution >= 0.6 is 8.25 Å². The van der Waals surface area contributed by atoms with Crippen LogP contribution in [0.5, 0.6) is 5.75 Å². The van der Waals surface area contributed by atoms with Gasteiger partial charge >= 0.3 is 8.25 Å². The van der Waals surface area contributed by atoms with Crippen molar-refractivity contribution in [2.75, 3.05) is 14.1 Å². The minimum absolute atomic E-state index is 0.170. The Morgan fingerprint density at radius 2 is 1.75 bits per heavy atom. The molecule has 3 aliphatic carbocycles. The number of phenols is 1. The van der Waals surface area contributed by atoms with Gasteiger partial charge in [0.1, 0.15) is 22.8 Å². The van der Waals surface area contributed by atoms with Crippen LogP contribution in [0.25, 0.3) is 5.76 Å². The Morgan fingerprint density at radius 3 is 2.25 bits per heavy atom. The zero-order valence-corrected chi connectivity index (χ0v) is 20.3. The lowest BCUT2D eigenvalue weighted by molar-refractivity contribution is -0.180. The highest BCUT2D eigenvalue weighted by Crippen LogP contribution is 2.57. The van der Waals surface area contributed by atoms with E-state index in [1.165, 1.54) is 44.1 Å². The molecule has 1 saturated carbocycles. The number of hydrogen-bond donors (Lipinski definition) is 7. The fourth-order valence-electron chi connectivity index (χ4n) is 5.50. The van der Waals surface area contributed by atoms with Crippen molar-refractivity contribution in [2.24, 2.45) is 17.6 Å². The highest BCUT2D eigenvalue weighted by atomic mass is 31.1. The molecule has 1 aromatic rings. The first-order valence-electron chi connectivity index (χ1n) is 10.5. The number of Topliss-reactive ketones (excluding diaryl/α,β-unsaturated/α-hetero) is 2. The second kappa shape index (κ2) is 9.04. The second-order valence-corrected chi connectivity index (χ2v) is 9.67. The largest absolute Gasteiger partial charge is 0.567 e. The summed E-state index contributed by atoms with van der Waals surface area (Å²) in [5, 5.41) is 54.9. The summed E-state index contributed by atoms with van der Waals surface area (Å²) in [4.78, 5) is 55.6. The van der Waals surface area contributed by atoms with Crippen LogP contribution in [-0.4, -0.2) is 78.5 Å². The number of primary amides is 1. The number of rotatable bonds is 2. The highest BCUT2D eigenvalue weighted by molar-refractivity contribution is 7.29. The number of carbonyl (C=O) groups excluding carboxylic acids is 3. The van der Waals surface area contributed by atoms with Crippen LogP contribution in [-0.2, 0) is 24.5 Å². The average molecular weight is 524 g/mol. The van der Waals surface area contributed by atoms with E-state index in [-0.39, 0.29) is 17.5 Å². The molecule has 8 N–H and O–H groups in total. The van der Waals surface area contributed by atoms with E-state index in [0.29, 0.717) is 0 Å². The number of hydrogen-bond acceptors (Lipinski definition) is 11. The fourth-order valence-corrected chi connectivity index (χ4v) is 5.50. The third-order valence-corrected chi connectivity index (χ3v) is 7.02. The maximum absolute atomic E-state index is 13.7. The summed E-state index contributed by atoms with van der Waals surface area (Å²) in [6.45, 7) is 1.40. The molecule has 1 unspecified atom stereocenters. The minimum Gasteiger partial charge on any atom is -0.567 e. The molecule has 0 bridgehead atoms. The van der Waals surface area contributed by atoms with E-state index in [1.54, 1.807) is 0 Å². The zero-order chi connectivity index (χ0) is 27.5. The van der Waals surface area contributed by atoms with Crippen molar-refractivity contribution in [1.82, 2.24) is 4.90 Å². The van der Waals surface area contributed by atoms with E-state index < -0.39 is 83.2 Å². The first-order valence-corrected chi connectivity index (χ1v) is 11.7. The van der Waals surface area contributed by atoms with Crippen LogP contribution in [0.3, 0.4) is 0 Å². The summed E-state index contributed by atoms with van der Waals surface area (Å²) < 4.78 is 8.59. The smallest absolute Gasteiger partial charge is 0.485 e. The van der Waals surface area contributed by atoms with E-state index >= 15 is 0 Å². The van der Waals surface area contributed by atoms with Crippen LogP contribution in [0.4, 0.5) is 0 Å². The Labute approximate surface area is 205 Å². The molecule has 0 radical (unpaired) electrons. The topological polar surface area (TPSA) is 242 Å². The second-order valence-electron chi connectivity index (χ2n) is 9.20. The molecule has 0 aliphatic heterocycles. The van der Waals surface area contributed by atoms with Gasteiger partial charge in [-0.25, -0.2) is 0 Å². The van der Waals surface area contributed by atoms with Gasteiger partial charge in [0.25, 0.3) is 5.91 Å². The Morgan fingerprint density at radius 1 is 1.19 bits per heavy atom. The summed E-state index contributed by atoms with van der Waals surface area (Å²) in [5.41, 5.74) is -0.548. The lowest BCUT2D eigenvalue weighted by atomic mass is 9.54. The number of amides is 1. The van der Waals surface area contributed by atoms with Crippen molar-refractivity contribution in [3.63, 3.8) is 0 Å². The summed E-state index contributed by atoms with van der Waals surface area (Å²) in [6.07, 6.45) is -0.200. The Bertz CT molecular complexity index is 1250.